The summed E-state index contributed by atoms with van der Waals surface area (Å²) < 4.78 is -1.06. The summed E-state index contributed by atoms with van der Waals surface area (Å²) in [4.78, 5) is 11.9. The van der Waals surface area contributed by atoms with Gasteiger partial charge in [0.05, 0.1) is 0 Å². The Labute approximate surface area is 114 Å². The Balaban J connectivity index is 2.52. The SMILES string of the molecule is CCCCCC(=O)C(S)(Cl)Cc1ccccc1. The number of benzene rings is 1. The summed E-state index contributed by atoms with van der Waals surface area (Å²) in [6.07, 6.45) is 4.07. The lowest BCUT2D eigenvalue weighted by molar-refractivity contribution is -0.119. The second-order valence-electron chi connectivity index (χ2n) is 4.30. The smallest absolute Gasteiger partial charge is 0.163 e. The van der Waals surface area contributed by atoms with Gasteiger partial charge in [0.1, 0.15) is 4.21 Å². The van der Waals surface area contributed by atoms with E-state index in [9.17, 15) is 4.79 Å². The molecule has 0 saturated carbocycles. The van der Waals surface area contributed by atoms with Gasteiger partial charge >= 0.3 is 0 Å². The van der Waals surface area contributed by atoms with E-state index in [1.807, 2.05) is 30.3 Å². The fourth-order valence-electron chi connectivity index (χ4n) is 1.69. The third-order valence-corrected chi connectivity index (χ3v) is 3.47. The second-order valence-corrected chi connectivity index (χ2v) is 5.97. The first kappa shape index (κ1) is 14.6. The van der Waals surface area contributed by atoms with E-state index < -0.39 is 4.21 Å². The van der Waals surface area contributed by atoms with Crippen LogP contribution < -0.4 is 0 Å². The van der Waals surface area contributed by atoms with Gasteiger partial charge in [-0.15, -0.1) is 12.6 Å². The maximum absolute atomic E-state index is 11.9. The lowest BCUT2D eigenvalue weighted by atomic mass is 10.0. The van der Waals surface area contributed by atoms with Crippen molar-refractivity contribution in [3.63, 3.8) is 0 Å². The van der Waals surface area contributed by atoms with E-state index >= 15 is 0 Å². The van der Waals surface area contributed by atoms with Crippen LogP contribution >= 0.6 is 24.2 Å². The number of Topliss-reactive ketones (excluding diaryl/α,β-unsaturated/α-hetero) is 1. The molecule has 1 rings (SSSR count). The highest BCUT2D eigenvalue weighted by Crippen LogP contribution is 2.28. The second kappa shape index (κ2) is 7.07. The number of hydrogen-bond donors (Lipinski definition) is 1. The molecule has 0 aliphatic carbocycles. The van der Waals surface area contributed by atoms with Crippen molar-refractivity contribution in [2.24, 2.45) is 0 Å². The maximum atomic E-state index is 11.9. The molecule has 0 aromatic heterocycles. The molecule has 0 amide bonds. The highest BCUT2D eigenvalue weighted by atomic mass is 35.5. The first-order valence-electron chi connectivity index (χ1n) is 6.05. The van der Waals surface area contributed by atoms with Crippen LogP contribution in [-0.4, -0.2) is 9.99 Å². The minimum absolute atomic E-state index is 0.0276. The molecule has 0 saturated heterocycles. The highest BCUT2D eigenvalue weighted by molar-refractivity contribution is 7.84. The number of hydrogen-bond acceptors (Lipinski definition) is 2. The van der Waals surface area contributed by atoms with Crippen molar-refractivity contribution in [1.29, 1.82) is 0 Å². The molecule has 17 heavy (non-hydrogen) atoms. The Morgan fingerprint density at radius 3 is 2.53 bits per heavy atom. The van der Waals surface area contributed by atoms with Gasteiger partial charge in [0.2, 0.25) is 0 Å². The summed E-state index contributed by atoms with van der Waals surface area (Å²) in [6.45, 7) is 2.11. The van der Waals surface area contributed by atoms with Gasteiger partial charge in [-0.25, -0.2) is 0 Å². The Morgan fingerprint density at radius 2 is 1.94 bits per heavy atom. The molecule has 0 fully saturated rings. The van der Waals surface area contributed by atoms with Crippen molar-refractivity contribution in [1.82, 2.24) is 0 Å². The minimum atomic E-state index is -1.06. The Morgan fingerprint density at radius 1 is 1.29 bits per heavy atom. The van der Waals surface area contributed by atoms with Gasteiger partial charge < -0.3 is 0 Å². The Bertz CT molecular complexity index is 348. The van der Waals surface area contributed by atoms with Crippen LogP contribution in [0, 0.1) is 0 Å². The van der Waals surface area contributed by atoms with Gasteiger partial charge in [-0.3, -0.25) is 4.79 Å². The molecule has 0 heterocycles. The molecular formula is C14H19ClOS. The van der Waals surface area contributed by atoms with Gasteiger partial charge in [-0.05, 0) is 12.0 Å². The normalized spacial score (nSPS) is 14.3. The number of ketones is 1. The van der Waals surface area contributed by atoms with E-state index in [0.717, 1.165) is 24.8 Å². The molecule has 3 heteroatoms. The average Bonchev–Trinajstić information content (AvgIpc) is 2.30. The van der Waals surface area contributed by atoms with E-state index in [2.05, 4.69) is 19.6 Å². The van der Waals surface area contributed by atoms with Crippen molar-refractivity contribution in [3.8, 4) is 0 Å². The lowest BCUT2D eigenvalue weighted by Crippen LogP contribution is -2.28. The molecule has 1 unspecified atom stereocenters. The van der Waals surface area contributed by atoms with Crippen molar-refractivity contribution in [2.45, 2.75) is 43.2 Å². The Kier molecular flexibility index (Phi) is 6.07. The van der Waals surface area contributed by atoms with E-state index in [4.69, 9.17) is 11.6 Å². The maximum Gasteiger partial charge on any atom is 0.163 e. The van der Waals surface area contributed by atoms with Crippen LogP contribution in [0.15, 0.2) is 30.3 Å². The van der Waals surface area contributed by atoms with Gasteiger partial charge in [0.25, 0.3) is 0 Å². The highest BCUT2D eigenvalue weighted by Gasteiger charge is 2.30. The molecule has 1 nitrogen and oxygen atoms in total. The zero-order valence-electron chi connectivity index (χ0n) is 10.2. The standard InChI is InChI=1S/C14H19ClOS/c1-2-3-5-10-13(16)14(15,17)11-12-8-6-4-7-9-12/h4,6-9,17H,2-3,5,10-11H2,1H3. The zero-order chi connectivity index (χ0) is 12.7. The number of rotatable bonds is 7. The molecule has 94 valence electrons. The van der Waals surface area contributed by atoms with Crippen LogP contribution in [0.4, 0.5) is 0 Å². The first-order chi connectivity index (χ1) is 8.06. The number of carbonyl (C=O) groups is 1. The van der Waals surface area contributed by atoms with E-state index in [1.165, 1.54) is 0 Å². The fourth-order valence-corrected chi connectivity index (χ4v) is 2.24. The predicted molar refractivity (Wildman–Crippen MR) is 76.9 cm³/mol. The summed E-state index contributed by atoms with van der Waals surface area (Å²) in [6, 6.07) is 9.76. The molecule has 0 radical (unpaired) electrons. The Hall–Kier alpha value is -0.470. The monoisotopic (exact) mass is 270 g/mol. The van der Waals surface area contributed by atoms with Crippen molar-refractivity contribution in [2.75, 3.05) is 0 Å². The number of unbranched alkanes of at least 4 members (excludes halogenated alkanes) is 2. The lowest BCUT2D eigenvalue weighted by Gasteiger charge is -2.19. The average molecular weight is 271 g/mol. The van der Waals surface area contributed by atoms with Crippen LogP contribution in [-0.2, 0) is 11.2 Å². The molecule has 1 atom stereocenters. The summed E-state index contributed by atoms with van der Waals surface area (Å²) in [5.41, 5.74) is 1.04. The van der Waals surface area contributed by atoms with Crippen molar-refractivity contribution < 1.29 is 4.79 Å². The van der Waals surface area contributed by atoms with Crippen molar-refractivity contribution in [3.05, 3.63) is 35.9 Å². The van der Waals surface area contributed by atoms with Crippen LogP contribution in [0.1, 0.15) is 38.2 Å². The summed E-state index contributed by atoms with van der Waals surface area (Å²) in [5.74, 6) is 0.0276. The summed E-state index contributed by atoms with van der Waals surface area (Å²) in [5, 5.41) is 0. The molecular weight excluding hydrogens is 252 g/mol. The quantitative estimate of drug-likeness (QED) is 0.445. The molecule has 0 aliphatic rings. The topological polar surface area (TPSA) is 17.1 Å². The van der Waals surface area contributed by atoms with Gasteiger partial charge in [-0.2, -0.15) is 0 Å². The summed E-state index contributed by atoms with van der Waals surface area (Å²) >= 11 is 10.5. The van der Waals surface area contributed by atoms with E-state index in [0.29, 0.717) is 12.8 Å². The number of halogens is 1. The summed E-state index contributed by atoms with van der Waals surface area (Å²) in [7, 11) is 0. The van der Waals surface area contributed by atoms with Crippen LogP contribution in [0.3, 0.4) is 0 Å². The molecule has 0 spiro atoms. The zero-order valence-corrected chi connectivity index (χ0v) is 11.8. The largest absolute Gasteiger partial charge is 0.297 e. The third kappa shape index (κ3) is 5.13. The molecule has 0 bridgehead atoms. The third-order valence-electron chi connectivity index (χ3n) is 2.72. The van der Waals surface area contributed by atoms with Gasteiger partial charge in [-0.1, -0.05) is 61.7 Å². The van der Waals surface area contributed by atoms with Crippen LogP contribution in [0.5, 0.6) is 0 Å². The molecule has 1 aromatic carbocycles. The number of alkyl halides is 1. The predicted octanol–water partition coefficient (Wildman–Crippen LogP) is 4.24. The first-order valence-corrected chi connectivity index (χ1v) is 6.87. The molecule has 0 N–H and O–H groups in total. The van der Waals surface area contributed by atoms with E-state index in [1.54, 1.807) is 0 Å². The van der Waals surface area contributed by atoms with Crippen molar-refractivity contribution >= 4 is 30.0 Å². The van der Waals surface area contributed by atoms with Gasteiger partial charge in [0, 0.05) is 12.8 Å². The molecule has 1 aromatic rings. The number of thiol groups is 1. The molecule has 0 aliphatic heterocycles. The fraction of sp³-hybridized carbons (Fsp3) is 0.500. The number of carbonyl (C=O) groups excluding carboxylic acids is 1. The van der Waals surface area contributed by atoms with Gasteiger partial charge in [0.15, 0.2) is 5.78 Å². The van der Waals surface area contributed by atoms with Crippen LogP contribution in [0.25, 0.3) is 0 Å². The minimum Gasteiger partial charge on any atom is -0.297 e. The van der Waals surface area contributed by atoms with E-state index in [-0.39, 0.29) is 5.78 Å². The van der Waals surface area contributed by atoms with Crippen LogP contribution in [0.2, 0.25) is 0 Å².